The van der Waals surface area contributed by atoms with E-state index in [0.717, 1.165) is 56.9 Å². The van der Waals surface area contributed by atoms with Crippen LogP contribution in [0.5, 0.6) is 11.5 Å². The lowest BCUT2D eigenvalue weighted by Crippen LogP contribution is -2.46. The minimum Gasteiger partial charge on any atom is -0.497 e. The van der Waals surface area contributed by atoms with E-state index in [0.29, 0.717) is 29.3 Å². The number of para-hydroxylation sites is 1. The Labute approximate surface area is 207 Å². The molecule has 0 atom stereocenters. The summed E-state index contributed by atoms with van der Waals surface area (Å²) in [5, 5.41) is 7.87. The molecule has 8 nitrogen and oxygen atoms in total. The molecule has 1 N–H and O–H groups in total. The third-order valence-electron chi connectivity index (χ3n) is 6.49. The third-order valence-corrected chi connectivity index (χ3v) is 6.49. The van der Waals surface area contributed by atoms with Gasteiger partial charge in [0.25, 0.3) is 5.91 Å². The third kappa shape index (κ3) is 6.01. The van der Waals surface area contributed by atoms with E-state index < -0.39 is 0 Å². The summed E-state index contributed by atoms with van der Waals surface area (Å²) in [5.74, 6) is 1.14. The number of benzene rings is 2. The smallest absolute Gasteiger partial charge is 0.255 e. The lowest BCUT2D eigenvalue weighted by Gasteiger charge is -2.33. The number of likely N-dealkylation sites (N-methyl/N-ethyl adjacent to an activating group) is 1. The first-order chi connectivity index (χ1) is 17.1. The number of aromatic nitrogens is 2. The van der Waals surface area contributed by atoms with Gasteiger partial charge in [0.15, 0.2) is 0 Å². The first kappa shape index (κ1) is 24.8. The van der Waals surface area contributed by atoms with Crippen LogP contribution in [0.3, 0.4) is 0 Å². The standard InChI is InChI=1S/C27H35N5O3/c1-4-30-15-17-31(18-16-30)14-8-13-28-27(33)24-20-32(21-9-6-5-7-10-21)29-26(24)23-12-11-22(34-2)19-25(23)35-3/h5-7,9-12,19-20H,4,8,13-18H2,1-3H3,(H,28,33). The number of hydrogen-bond acceptors (Lipinski definition) is 6. The lowest BCUT2D eigenvalue weighted by molar-refractivity contribution is 0.0949. The quantitative estimate of drug-likeness (QED) is 0.452. The molecule has 1 amide bonds. The van der Waals surface area contributed by atoms with Gasteiger partial charge >= 0.3 is 0 Å². The van der Waals surface area contributed by atoms with Crippen molar-refractivity contribution in [2.45, 2.75) is 13.3 Å². The van der Waals surface area contributed by atoms with Gasteiger partial charge in [-0.25, -0.2) is 4.68 Å². The molecule has 1 aliphatic rings. The zero-order chi connectivity index (χ0) is 24.6. The van der Waals surface area contributed by atoms with E-state index in [1.54, 1.807) is 31.2 Å². The Bertz CT molecular complexity index is 1110. The topological polar surface area (TPSA) is 71.9 Å². The van der Waals surface area contributed by atoms with Crippen molar-refractivity contribution in [3.8, 4) is 28.4 Å². The van der Waals surface area contributed by atoms with Crippen LogP contribution in [-0.4, -0.2) is 85.5 Å². The molecule has 2 heterocycles. The minimum absolute atomic E-state index is 0.143. The average molecular weight is 478 g/mol. The van der Waals surface area contributed by atoms with E-state index >= 15 is 0 Å². The molecule has 186 valence electrons. The zero-order valence-electron chi connectivity index (χ0n) is 20.9. The maximum Gasteiger partial charge on any atom is 0.255 e. The van der Waals surface area contributed by atoms with E-state index in [1.165, 1.54) is 0 Å². The first-order valence-corrected chi connectivity index (χ1v) is 12.2. The molecule has 1 fully saturated rings. The number of ether oxygens (including phenoxy) is 2. The summed E-state index contributed by atoms with van der Waals surface area (Å²) in [6.07, 6.45) is 2.69. The number of amides is 1. The van der Waals surface area contributed by atoms with Gasteiger partial charge in [0.2, 0.25) is 0 Å². The van der Waals surface area contributed by atoms with Crippen LogP contribution < -0.4 is 14.8 Å². The second-order valence-corrected chi connectivity index (χ2v) is 8.62. The predicted octanol–water partition coefficient (Wildman–Crippen LogP) is 3.31. The molecular weight excluding hydrogens is 442 g/mol. The second-order valence-electron chi connectivity index (χ2n) is 8.62. The summed E-state index contributed by atoms with van der Waals surface area (Å²) in [7, 11) is 3.22. The first-order valence-electron chi connectivity index (χ1n) is 12.2. The monoisotopic (exact) mass is 477 g/mol. The molecule has 1 aliphatic heterocycles. The van der Waals surface area contributed by atoms with Crippen molar-refractivity contribution < 1.29 is 14.3 Å². The summed E-state index contributed by atoms with van der Waals surface area (Å²) in [4.78, 5) is 18.2. The molecule has 4 rings (SSSR count). The molecule has 35 heavy (non-hydrogen) atoms. The highest BCUT2D eigenvalue weighted by molar-refractivity contribution is 6.00. The molecule has 0 spiro atoms. The molecular formula is C27H35N5O3. The SMILES string of the molecule is CCN1CCN(CCCNC(=O)c2cn(-c3ccccc3)nc2-c2ccc(OC)cc2OC)CC1. The Morgan fingerprint density at radius 3 is 2.43 bits per heavy atom. The van der Waals surface area contributed by atoms with Crippen LogP contribution in [0.15, 0.2) is 54.7 Å². The van der Waals surface area contributed by atoms with Crippen molar-refractivity contribution >= 4 is 5.91 Å². The van der Waals surface area contributed by atoms with Gasteiger partial charge in [-0.05, 0) is 43.8 Å². The van der Waals surface area contributed by atoms with E-state index in [1.807, 2.05) is 42.5 Å². The summed E-state index contributed by atoms with van der Waals surface area (Å²) in [6.45, 7) is 9.34. The summed E-state index contributed by atoms with van der Waals surface area (Å²) in [6, 6.07) is 15.3. The second kappa shape index (κ2) is 11.9. The van der Waals surface area contributed by atoms with Crippen molar-refractivity contribution in [2.75, 3.05) is 60.0 Å². The van der Waals surface area contributed by atoms with Gasteiger partial charge in [-0.2, -0.15) is 5.10 Å². The molecule has 3 aromatic rings. The van der Waals surface area contributed by atoms with E-state index in [2.05, 4.69) is 22.0 Å². The largest absolute Gasteiger partial charge is 0.497 e. The van der Waals surface area contributed by atoms with E-state index in [9.17, 15) is 4.79 Å². The van der Waals surface area contributed by atoms with Crippen molar-refractivity contribution in [2.24, 2.45) is 0 Å². The van der Waals surface area contributed by atoms with Gasteiger partial charge in [0, 0.05) is 50.6 Å². The van der Waals surface area contributed by atoms with Gasteiger partial charge in [0.05, 0.1) is 25.5 Å². The molecule has 8 heteroatoms. The molecule has 0 unspecified atom stereocenters. The fourth-order valence-electron chi connectivity index (χ4n) is 4.38. The van der Waals surface area contributed by atoms with Crippen molar-refractivity contribution in [3.63, 3.8) is 0 Å². The van der Waals surface area contributed by atoms with Crippen LogP contribution in [0.25, 0.3) is 16.9 Å². The Morgan fingerprint density at radius 2 is 1.74 bits per heavy atom. The van der Waals surface area contributed by atoms with Gasteiger partial charge < -0.3 is 24.6 Å². The van der Waals surface area contributed by atoms with Crippen LogP contribution in [0, 0.1) is 0 Å². The van der Waals surface area contributed by atoms with Crippen LogP contribution >= 0.6 is 0 Å². The van der Waals surface area contributed by atoms with Crippen molar-refractivity contribution in [1.29, 1.82) is 0 Å². The molecule has 0 radical (unpaired) electrons. The maximum absolute atomic E-state index is 13.3. The number of nitrogens with zero attached hydrogens (tertiary/aromatic N) is 4. The van der Waals surface area contributed by atoms with Gasteiger partial charge in [-0.3, -0.25) is 4.79 Å². The predicted molar refractivity (Wildman–Crippen MR) is 138 cm³/mol. The van der Waals surface area contributed by atoms with Crippen molar-refractivity contribution in [1.82, 2.24) is 24.9 Å². The van der Waals surface area contributed by atoms with E-state index in [-0.39, 0.29) is 5.91 Å². The van der Waals surface area contributed by atoms with E-state index in [4.69, 9.17) is 14.6 Å². The van der Waals surface area contributed by atoms with Crippen molar-refractivity contribution in [3.05, 3.63) is 60.3 Å². The number of methoxy groups -OCH3 is 2. The number of carbonyl (C=O) groups is 1. The summed E-state index contributed by atoms with van der Waals surface area (Å²) >= 11 is 0. The Morgan fingerprint density at radius 1 is 1.00 bits per heavy atom. The van der Waals surface area contributed by atoms with Crippen LogP contribution in [0.1, 0.15) is 23.7 Å². The maximum atomic E-state index is 13.3. The molecule has 1 aromatic heterocycles. The summed E-state index contributed by atoms with van der Waals surface area (Å²) in [5.41, 5.74) is 2.70. The lowest BCUT2D eigenvalue weighted by atomic mass is 10.1. The number of piperazine rings is 1. The van der Waals surface area contributed by atoms with Gasteiger partial charge in [-0.15, -0.1) is 0 Å². The average Bonchev–Trinajstić information content (AvgIpc) is 3.37. The Balaban J connectivity index is 1.50. The summed E-state index contributed by atoms with van der Waals surface area (Å²) < 4.78 is 12.7. The minimum atomic E-state index is -0.143. The molecule has 1 saturated heterocycles. The highest BCUT2D eigenvalue weighted by Crippen LogP contribution is 2.34. The highest BCUT2D eigenvalue weighted by Gasteiger charge is 2.22. The molecule has 0 saturated carbocycles. The Hall–Kier alpha value is -3.36. The molecule has 0 bridgehead atoms. The number of hydrogen-bond donors (Lipinski definition) is 1. The van der Waals surface area contributed by atoms with Gasteiger partial charge in [-0.1, -0.05) is 25.1 Å². The number of rotatable bonds is 10. The zero-order valence-corrected chi connectivity index (χ0v) is 20.9. The highest BCUT2D eigenvalue weighted by atomic mass is 16.5. The van der Waals surface area contributed by atoms with Crippen LogP contribution in [0.2, 0.25) is 0 Å². The van der Waals surface area contributed by atoms with Gasteiger partial charge in [0.1, 0.15) is 17.2 Å². The van der Waals surface area contributed by atoms with Crippen LogP contribution in [-0.2, 0) is 0 Å². The number of carbonyl (C=O) groups excluding carboxylic acids is 1. The fourth-order valence-corrected chi connectivity index (χ4v) is 4.38. The fraction of sp³-hybridized carbons (Fsp3) is 0.407. The normalized spacial score (nSPS) is 14.6. The molecule has 2 aromatic carbocycles. The van der Waals surface area contributed by atoms with Crippen LogP contribution in [0.4, 0.5) is 0 Å². The Kier molecular flexibility index (Phi) is 8.39. The number of nitrogens with one attached hydrogen (secondary N) is 1. The molecule has 0 aliphatic carbocycles.